The number of aryl methyl sites for hydroxylation is 2. The molecule has 0 fully saturated rings. The van der Waals surface area contributed by atoms with Crippen LogP contribution in [-0.4, -0.2) is 46.6 Å². The minimum atomic E-state index is -0.430. The average Bonchev–Trinajstić information content (AvgIpc) is 3.01. The van der Waals surface area contributed by atoms with Crippen LogP contribution in [0.1, 0.15) is 11.3 Å². The van der Waals surface area contributed by atoms with E-state index in [1.165, 1.54) is 18.2 Å². The minimum Gasteiger partial charge on any atom is -0.325 e. The molecule has 2 amide bonds. The second-order valence-corrected chi connectivity index (χ2v) is 7.15. The fourth-order valence-corrected chi connectivity index (χ4v) is 3.07. The Balaban J connectivity index is 1.59. The van der Waals surface area contributed by atoms with E-state index in [2.05, 4.69) is 15.7 Å². The molecule has 2 N–H and O–H groups in total. The summed E-state index contributed by atoms with van der Waals surface area (Å²) in [6.45, 7) is 3.82. The number of carbonyl (C=O) groups is 2. The predicted octanol–water partition coefficient (Wildman–Crippen LogP) is 3.14. The fraction of sp³-hybridized carbons (Fsp3) is 0.227. The summed E-state index contributed by atoms with van der Waals surface area (Å²) in [6, 6.07) is 15.2. The number of anilines is 2. The zero-order chi connectivity index (χ0) is 21.7. The van der Waals surface area contributed by atoms with Gasteiger partial charge in [0.05, 0.1) is 24.5 Å². The largest absolute Gasteiger partial charge is 0.325 e. The summed E-state index contributed by atoms with van der Waals surface area (Å²) in [5.41, 5.74) is 3.05. The Morgan fingerprint density at radius 1 is 1.00 bits per heavy atom. The first kappa shape index (κ1) is 21.2. The van der Waals surface area contributed by atoms with Crippen molar-refractivity contribution in [3.05, 3.63) is 71.7 Å². The van der Waals surface area contributed by atoms with Crippen LogP contribution >= 0.6 is 0 Å². The van der Waals surface area contributed by atoms with Crippen molar-refractivity contribution in [1.29, 1.82) is 0 Å². The van der Waals surface area contributed by atoms with E-state index in [9.17, 15) is 14.0 Å². The van der Waals surface area contributed by atoms with Crippen LogP contribution < -0.4 is 10.6 Å². The number of nitrogens with one attached hydrogen (secondary N) is 2. The molecule has 8 heteroatoms. The first-order valence-electron chi connectivity index (χ1n) is 9.48. The number of hydrogen-bond acceptors (Lipinski definition) is 4. The average molecular weight is 409 g/mol. The second kappa shape index (κ2) is 9.32. The molecular formula is C22H24FN5O2. The van der Waals surface area contributed by atoms with Crippen LogP contribution in [0.3, 0.4) is 0 Å². The molecule has 0 aliphatic carbocycles. The number of amides is 2. The van der Waals surface area contributed by atoms with Gasteiger partial charge in [0.25, 0.3) is 0 Å². The topological polar surface area (TPSA) is 79.3 Å². The van der Waals surface area contributed by atoms with Gasteiger partial charge in [-0.2, -0.15) is 5.10 Å². The molecule has 156 valence electrons. The highest BCUT2D eigenvalue weighted by Gasteiger charge is 2.15. The number of benzene rings is 2. The van der Waals surface area contributed by atoms with Gasteiger partial charge in [-0.25, -0.2) is 9.07 Å². The molecule has 0 unspecified atom stereocenters. The number of rotatable bonds is 7. The summed E-state index contributed by atoms with van der Waals surface area (Å²) in [6.07, 6.45) is 0. The van der Waals surface area contributed by atoms with E-state index >= 15 is 0 Å². The molecule has 7 nitrogen and oxygen atoms in total. The molecule has 1 heterocycles. The first-order valence-corrected chi connectivity index (χ1v) is 9.48. The van der Waals surface area contributed by atoms with Crippen LogP contribution in [0.25, 0.3) is 5.69 Å². The van der Waals surface area contributed by atoms with Crippen molar-refractivity contribution in [3.8, 4) is 5.69 Å². The van der Waals surface area contributed by atoms with Gasteiger partial charge in [-0.05, 0) is 50.7 Å². The van der Waals surface area contributed by atoms with Crippen LogP contribution in [0.4, 0.5) is 15.9 Å². The quantitative estimate of drug-likeness (QED) is 0.628. The van der Waals surface area contributed by atoms with E-state index in [1.54, 1.807) is 28.8 Å². The lowest BCUT2D eigenvalue weighted by Gasteiger charge is -2.16. The van der Waals surface area contributed by atoms with Crippen molar-refractivity contribution in [1.82, 2.24) is 14.7 Å². The van der Waals surface area contributed by atoms with E-state index in [4.69, 9.17) is 0 Å². The van der Waals surface area contributed by atoms with Crippen LogP contribution in [0, 0.1) is 19.7 Å². The van der Waals surface area contributed by atoms with Gasteiger partial charge in [-0.3, -0.25) is 14.5 Å². The maximum absolute atomic E-state index is 13.2. The molecule has 0 aliphatic rings. The second-order valence-electron chi connectivity index (χ2n) is 7.15. The SMILES string of the molecule is Cc1cc(NC(=O)CN(C)CC(=O)Nc2cccc(F)c2)n(-c2ccccc2C)n1. The van der Waals surface area contributed by atoms with E-state index in [0.717, 1.165) is 16.9 Å². The fourth-order valence-electron chi connectivity index (χ4n) is 3.07. The summed E-state index contributed by atoms with van der Waals surface area (Å²) >= 11 is 0. The normalized spacial score (nSPS) is 10.8. The number of likely N-dealkylation sites (N-methyl/N-ethyl adjacent to an activating group) is 1. The van der Waals surface area contributed by atoms with Gasteiger partial charge in [0.1, 0.15) is 11.6 Å². The minimum absolute atomic E-state index is 0.00850. The van der Waals surface area contributed by atoms with E-state index < -0.39 is 5.82 Å². The zero-order valence-electron chi connectivity index (χ0n) is 17.1. The first-order chi connectivity index (χ1) is 14.3. The van der Waals surface area contributed by atoms with Gasteiger partial charge >= 0.3 is 0 Å². The summed E-state index contributed by atoms with van der Waals surface area (Å²) in [5.74, 6) is -0.479. The number of carbonyl (C=O) groups excluding carboxylic acids is 2. The summed E-state index contributed by atoms with van der Waals surface area (Å²) in [7, 11) is 1.66. The van der Waals surface area contributed by atoms with Crippen molar-refractivity contribution in [2.75, 3.05) is 30.8 Å². The van der Waals surface area contributed by atoms with E-state index in [0.29, 0.717) is 11.5 Å². The van der Waals surface area contributed by atoms with Crippen molar-refractivity contribution >= 4 is 23.3 Å². The maximum Gasteiger partial charge on any atom is 0.239 e. The molecule has 0 radical (unpaired) electrons. The van der Waals surface area contributed by atoms with Crippen LogP contribution in [0.15, 0.2) is 54.6 Å². The summed E-state index contributed by atoms with van der Waals surface area (Å²) in [4.78, 5) is 26.2. The zero-order valence-corrected chi connectivity index (χ0v) is 17.1. The predicted molar refractivity (Wildman–Crippen MR) is 114 cm³/mol. The van der Waals surface area contributed by atoms with Gasteiger partial charge in [0.15, 0.2) is 0 Å². The van der Waals surface area contributed by atoms with Gasteiger partial charge in [-0.15, -0.1) is 0 Å². The van der Waals surface area contributed by atoms with Gasteiger partial charge in [-0.1, -0.05) is 24.3 Å². The number of nitrogens with zero attached hydrogens (tertiary/aromatic N) is 3. The molecule has 3 rings (SSSR count). The lowest BCUT2D eigenvalue weighted by atomic mass is 10.2. The lowest BCUT2D eigenvalue weighted by molar-refractivity contribution is -0.119. The summed E-state index contributed by atoms with van der Waals surface area (Å²) < 4.78 is 14.9. The molecule has 0 aliphatic heterocycles. The molecule has 3 aromatic rings. The Labute approximate surface area is 174 Å². The van der Waals surface area contributed by atoms with Crippen molar-refractivity contribution in [2.24, 2.45) is 0 Å². The molecule has 0 spiro atoms. The van der Waals surface area contributed by atoms with Crippen LogP contribution in [0.2, 0.25) is 0 Å². The van der Waals surface area contributed by atoms with Gasteiger partial charge in [0.2, 0.25) is 11.8 Å². The molecule has 1 aromatic heterocycles. The lowest BCUT2D eigenvalue weighted by Crippen LogP contribution is -2.36. The maximum atomic E-state index is 13.2. The number of halogens is 1. The highest BCUT2D eigenvalue weighted by Crippen LogP contribution is 2.20. The number of para-hydroxylation sites is 1. The molecular weight excluding hydrogens is 385 g/mol. The third kappa shape index (κ3) is 5.51. The molecule has 30 heavy (non-hydrogen) atoms. The Kier molecular flexibility index (Phi) is 6.58. The molecule has 0 bridgehead atoms. The highest BCUT2D eigenvalue weighted by molar-refractivity contribution is 5.94. The smallest absolute Gasteiger partial charge is 0.239 e. The summed E-state index contributed by atoms with van der Waals surface area (Å²) in [5, 5.41) is 9.94. The van der Waals surface area contributed by atoms with E-state index in [1.807, 2.05) is 38.1 Å². The van der Waals surface area contributed by atoms with Crippen molar-refractivity contribution < 1.29 is 14.0 Å². The molecule has 2 aromatic carbocycles. The van der Waals surface area contributed by atoms with Gasteiger partial charge in [0, 0.05) is 11.8 Å². The molecule has 0 saturated carbocycles. The number of aromatic nitrogens is 2. The Morgan fingerprint density at radius 3 is 2.40 bits per heavy atom. The Bertz CT molecular complexity index is 1060. The van der Waals surface area contributed by atoms with Crippen molar-refractivity contribution in [2.45, 2.75) is 13.8 Å². The third-order valence-electron chi connectivity index (χ3n) is 4.38. The standard InChI is InChI=1S/C22H24FN5O2/c1-15-7-4-5-10-19(15)28-20(11-16(2)26-28)25-22(30)14-27(3)13-21(29)24-18-9-6-8-17(23)12-18/h4-12H,13-14H2,1-3H3,(H,24,29)(H,25,30). The van der Waals surface area contributed by atoms with E-state index in [-0.39, 0.29) is 24.9 Å². The number of hydrogen-bond donors (Lipinski definition) is 2. The van der Waals surface area contributed by atoms with Crippen molar-refractivity contribution in [3.63, 3.8) is 0 Å². The highest BCUT2D eigenvalue weighted by atomic mass is 19.1. The van der Waals surface area contributed by atoms with Crippen LogP contribution in [-0.2, 0) is 9.59 Å². The Hall–Kier alpha value is -3.52. The Morgan fingerprint density at radius 2 is 1.70 bits per heavy atom. The van der Waals surface area contributed by atoms with Crippen LogP contribution in [0.5, 0.6) is 0 Å². The molecule has 0 atom stereocenters. The van der Waals surface area contributed by atoms with Gasteiger partial charge < -0.3 is 10.6 Å². The molecule has 0 saturated heterocycles. The monoisotopic (exact) mass is 409 g/mol. The third-order valence-corrected chi connectivity index (χ3v) is 4.38.